The van der Waals surface area contributed by atoms with E-state index in [1.807, 2.05) is 0 Å². The highest BCUT2D eigenvalue weighted by Gasteiger charge is 2.31. The van der Waals surface area contributed by atoms with Crippen molar-refractivity contribution in [2.24, 2.45) is 7.05 Å². The lowest BCUT2D eigenvalue weighted by molar-refractivity contribution is 0.516. The number of nitrogens with zero attached hydrogens (tertiary/aromatic N) is 2. The summed E-state index contributed by atoms with van der Waals surface area (Å²) in [7, 11) is -5.51. The van der Waals surface area contributed by atoms with E-state index in [2.05, 4.69) is 9.71 Å². The molecule has 7 nitrogen and oxygen atoms in total. The number of hydrogen-bond donors (Lipinski definition) is 1. The summed E-state index contributed by atoms with van der Waals surface area (Å²) in [5, 5.41) is -0.286. The normalized spacial score (nSPS) is 23.4. The molecule has 2 rings (SSSR count). The second kappa shape index (κ2) is 5.04. The number of sulfonamides is 1. The van der Waals surface area contributed by atoms with E-state index in [4.69, 9.17) is 11.6 Å². The minimum Gasteiger partial charge on any atom is -0.324 e. The topological polar surface area (TPSA) is 98.1 Å². The average Bonchev–Trinajstić information content (AvgIpc) is 2.58. The van der Waals surface area contributed by atoms with Crippen molar-refractivity contribution in [1.29, 1.82) is 0 Å². The molecule has 1 fully saturated rings. The highest BCUT2D eigenvalue weighted by molar-refractivity contribution is 7.91. The summed E-state index contributed by atoms with van der Waals surface area (Å²) in [6.45, 7) is 0. The first-order chi connectivity index (χ1) is 8.71. The van der Waals surface area contributed by atoms with Gasteiger partial charge in [-0.3, -0.25) is 0 Å². The van der Waals surface area contributed by atoms with Gasteiger partial charge in [0.25, 0.3) is 10.0 Å². The van der Waals surface area contributed by atoms with E-state index in [1.165, 1.54) is 10.9 Å². The lowest BCUT2D eigenvalue weighted by Crippen LogP contribution is -2.43. The van der Waals surface area contributed by atoms with Crippen LogP contribution >= 0.6 is 11.6 Å². The standard InChI is InChI=1S/C9H14ClN3O4S2/c1-13-6-11-9(8(13)10)19(16,17)12-7-3-2-4-18(14,15)5-7/h6-7,12H,2-5H2,1H3. The van der Waals surface area contributed by atoms with E-state index in [0.717, 1.165) is 0 Å². The third-order valence-electron chi connectivity index (χ3n) is 2.87. The summed E-state index contributed by atoms with van der Waals surface area (Å²) in [5.41, 5.74) is 0. The van der Waals surface area contributed by atoms with Crippen LogP contribution < -0.4 is 4.72 Å². The molecule has 1 aromatic rings. The second-order valence-corrected chi connectivity index (χ2v) is 8.74. The molecule has 1 aliphatic heterocycles. The van der Waals surface area contributed by atoms with E-state index in [1.54, 1.807) is 7.05 Å². The van der Waals surface area contributed by atoms with Crippen molar-refractivity contribution in [3.05, 3.63) is 11.5 Å². The van der Waals surface area contributed by atoms with Crippen molar-refractivity contribution >= 4 is 31.5 Å². The Morgan fingerprint density at radius 3 is 2.74 bits per heavy atom. The molecule has 1 aromatic heterocycles. The molecular formula is C9H14ClN3O4S2. The summed E-state index contributed by atoms with van der Waals surface area (Å²) in [5.74, 6) is -0.0771. The highest BCUT2D eigenvalue weighted by atomic mass is 35.5. The Hall–Kier alpha value is -0.640. The van der Waals surface area contributed by atoms with Crippen molar-refractivity contribution in [3.8, 4) is 0 Å². The van der Waals surface area contributed by atoms with Crippen LogP contribution in [0.2, 0.25) is 5.15 Å². The van der Waals surface area contributed by atoms with Gasteiger partial charge in [0, 0.05) is 13.1 Å². The van der Waals surface area contributed by atoms with Gasteiger partial charge in [-0.25, -0.2) is 26.5 Å². The zero-order valence-electron chi connectivity index (χ0n) is 10.2. The third-order valence-corrected chi connectivity index (χ3v) is 6.70. The molecule has 1 N–H and O–H groups in total. The number of hydrogen-bond acceptors (Lipinski definition) is 5. The predicted octanol–water partition coefficient (Wildman–Crippen LogP) is -0.0710. The van der Waals surface area contributed by atoms with E-state index < -0.39 is 25.9 Å². The first-order valence-corrected chi connectivity index (χ1v) is 9.29. The van der Waals surface area contributed by atoms with Crippen LogP contribution in [-0.2, 0) is 26.9 Å². The van der Waals surface area contributed by atoms with Crippen LogP contribution in [0.5, 0.6) is 0 Å². The molecule has 2 heterocycles. The van der Waals surface area contributed by atoms with Crippen LogP contribution in [0.15, 0.2) is 11.4 Å². The van der Waals surface area contributed by atoms with Gasteiger partial charge in [-0.05, 0) is 12.8 Å². The molecule has 0 saturated carbocycles. The molecule has 1 aliphatic rings. The molecule has 1 saturated heterocycles. The number of nitrogens with one attached hydrogen (secondary N) is 1. The van der Waals surface area contributed by atoms with E-state index in [9.17, 15) is 16.8 Å². The lowest BCUT2D eigenvalue weighted by Gasteiger charge is -2.22. The molecular weight excluding hydrogens is 314 g/mol. The average molecular weight is 328 g/mol. The monoisotopic (exact) mass is 327 g/mol. The third kappa shape index (κ3) is 3.28. The smallest absolute Gasteiger partial charge is 0.261 e. The molecule has 19 heavy (non-hydrogen) atoms. The predicted molar refractivity (Wildman–Crippen MR) is 70.2 cm³/mol. The Kier molecular flexibility index (Phi) is 3.92. The molecule has 0 aromatic carbocycles. The summed E-state index contributed by atoms with van der Waals surface area (Å²) >= 11 is 5.83. The Labute approximate surface area is 116 Å². The van der Waals surface area contributed by atoms with Crippen LogP contribution in [0.3, 0.4) is 0 Å². The molecule has 0 aliphatic carbocycles. The van der Waals surface area contributed by atoms with Gasteiger partial charge in [0.05, 0.1) is 17.8 Å². The number of aryl methyl sites for hydroxylation is 1. The maximum atomic E-state index is 12.1. The first-order valence-electron chi connectivity index (χ1n) is 5.61. The van der Waals surface area contributed by atoms with Crippen LogP contribution in [-0.4, -0.2) is 43.9 Å². The van der Waals surface area contributed by atoms with Gasteiger partial charge in [0.2, 0.25) is 5.03 Å². The molecule has 0 radical (unpaired) electrons. The summed E-state index contributed by atoms with van der Waals surface area (Å²) in [4.78, 5) is 3.72. The van der Waals surface area contributed by atoms with E-state index >= 15 is 0 Å². The summed E-state index contributed by atoms with van der Waals surface area (Å²) in [6.07, 6.45) is 2.23. The largest absolute Gasteiger partial charge is 0.324 e. The van der Waals surface area contributed by atoms with Crippen molar-refractivity contribution < 1.29 is 16.8 Å². The van der Waals surface area contributed by atoms with Crippen molar-refractivity contribution in [2.45, 2.75) is 23.9 Å². The minimum atomic E-state index is -3.90. The number of sulfone groups is 1. The first kappa shape index (κ1) is 14.8. The molecule has 1 atom stereocenters. The lowest BCUT2D eigenvalue weighted by atomic mass is 10.2. The molecule has 0 bridgehead atoms. The maximum Gasteiger partial charge on any atom is 0.261 e. The van der Waals surface area contributed by atoms with Crippen LogP contribution in [0, 0.1) is 0 Å². The number of aromatic nitrogens is 2. The van der Waals surface area contributed by atoms with Crippen LogP contribution in [0.1, 0.15) is 12.8 Å². The summed E-state index contributed by atoms with van der Waals surface area (Å²) in [6, 6.07) is -0.623. The maximum absolute atomic E-state index is 12.1. The highest BCUT2D eigenvalue weighted by Crippen LogP contribution is 2.20. The van der Waals surface area contributed by atoms with E-state index in [-0.39, 0.29) is 21.7 Å². The molecule has 108 valence electrons. The van der Waals surface area contributed by atoms with E-state index in [0.29, 0.717) is 12.8 Å². The molecule has 1 unspecified atom stereocenters. The van der Waals surface area contributed by atoms with Gasteiger partial charge in [0.1, 0.15) is 5.15 Å². The molecule has 0 amide bonds. The van der Waals surface area contributed by atoms with Crippen LogP contribution in [0.4, 0.5) is 0 Å². The Bertz CT molecular complexity index is 680. The van der Waals surface area contributed by atoms with Gasteiger partial charge in [-0.1, -0.05) is 11.6 Å². The Morgan fingerprint density at radius 1 is 1.53 bits per heavy atom. The fourth-order valence-corrected chi connectivity index (χ4v) is 5.41. The second-order valence-electron chi connectivity index (χ2n) is 4.53. The van der Waals surface area contributed by atoms with Gasteiger partial charge in [-0.15, -0.1) is 0 Å². The molecule has 10 heteroatoms. The minimum absolute atomic E-state index is 0.00818. The van der Waals surface area contributed by atoms with Gasteiger partial charge in [-0.2, -0.15) is 0 Å². The molecule has 0 spiro atoms. The zero-order valence-corrected chi connectivity index (χ0v) is 12.6. The van der Waals surface area contributed by atoms with Crippen molar-refractivity contribution in [2.75, 3.05) is 11.5 Å². The Balaban J connectivity index is 2.20. The zero-order chi connectivity index (χ0) is 14.3. The number of halogens is 1. The summed E-state index contributed by atoms with van der Waals surface area (Å²) < 4.78 is 50.8. The van der Waals surface area contributed by atoms with Crippen LogP contribution in [0.25, 0.3) is 0 Å². The fourth-order valence-electron chi connectivity index (χ4n) is 1.97. The van der Waals surface area contributed by atoms with Crippen molar-refractivity contribution in [3.63, 3.8) is 0 Å². The SMILES string of the molecule is Cn1cnc(S(=O)(=O)NC2CCCS(=O)(=O)C2)c1Cl. The number of imidazole rings is 1. The number of rotatable bonds is 3. The fraction of sp³-hybridized carbons (Fsp3) is 0.667. The van der Waals surface area contributed by atoms with Crippen molar-refractivity contribution in [1.82, 2.24) is 14.3 Å². The quantitative estimate of drug-likeness (QED) is 0.838. The van der Waals surface area contributed by atoms with Gasteiger partial charge >= 0.3 is 0 Å². The van der Waals surface area contributed by atoms with Gasteiger partial charge in [0.15, 0.2) is 9.84 Å². The van der Waals surface area contributed by atoms with Gasteiger partial charge < -0.3 is 4.57 Å². The Morgan fingerprint density at radius 2 is 2.21 bits per heavy atom.